The van der Waals surface area contributed by atoms with Crippen LogP contribution < -0.4 is 5.32 Å². The minimum atomic E-state index is 0.467. The number of rotatable bonds is 3. The van der Waals surface area contributed by atoms with E-state index in [0.717, 1.165) is 18.4 Å². The number of piperidine rings is 1. The molecule has 1 heterocycles. The second kappa shape index (κ2) is 6.02. The Morgan fingerprint density at radius 1 is 1.25 bits per heavy atom. The van der Waals surface area contributed by atoms with Gasteiger partial charge in [0.15, 0.2) is 0 Å². The molecule has 94 valence electrons. The molecule has 1 aliphatic carbocycles. The van der Waals surface area contributed by atoms with Crippen LogP contribution in [0, 0.1) is 11.8 Å². The van der Waals surface area contributed by atoms with Crippen LogP contribution in [-0.4, -0.2) is 25.3 Å². The van der Waals surface area contributed by atoms with Crippen molar-refractivity contribution in [1.29, 1.82) is 0 Å². The van der Waals surface area contributed by atoms with Gasteiger partial charge in [0.2, 0.25) is 0 Å². The van der Waals surface area contributed by atoms with E-state index in [1.54, 1.807) is 0 Å². The second-order valence-corrected chi connectivity index (χ2v) is 5.71. The molecule has 0 radical (unpaired) electrons. The molecule has 1 aliphatic heterocycles. The van der Waals surface area contributed by atoms with Gasteiger partial charge in [-0.1, -0.05) is 33.1 Å². The average molecular weight is 225 g/mol. The summed E-state index contributed by atoms with van der Waals surface area (Å²) in [4.78, 5) is 0. The van der Waals surface area contributed by atoms with Crippen molar-refractivity contribution in [1.82, 2.24) is 5.32 Å². The van der Waals surface area contributed by atoms with E-state index in [1.807, 2.05) is 0 Å². The SMILES string of the molecule is CCC1CCCC(OC2CNCCC2C)C1. The van der Waals surface area contributed by atoms with Gasteiger partial charge in [0.05, 0.1) is 12.2 Å². The van der Waals surface area contributed by atoms with Gasteiger partial charge in [-0.15, -0.1) is 0 Å². The average Bonchev–Trinajstić information content (AvgIpc) is 2.32. The highest BCUT2D eigenvalue weighted by Gasteiger charge is 2.28. The molecule has 1 saturated heterocycles. The first-order valence-electron chi connectivity index (χ1n) is 7.15. The van der Waals surface area contributed by atoms with Gasteiger partial charge in [-0.25, -0.2) is 0 Å². The minimum Gasteiger partial charge on any atom is -0.373 e. The van der Waals surface area contributed by atoms with Gasteiger partial charge in [0, 0.05) is 6.54 Å². The van der Waals surface area contributed by atoms with E-state index < -0.39 is 0 Å². The Morgan fingerprint density at radius 3 is 2.88 bits per heavy atom. The second-order valence-electron chi connectivity index (χ2n) is 5.71. The molecule has 16 heavy (non-hydrogen) atoms. The van der Waals surface area contributed by atoms with Gasteiger partial charge in [0.1, 0.15) is 0 Å². The standard InChI is InChI=1S/C14H27NO/c1-3-12-5-4-6-13(9-12)16-14-10-15-8-7-11(14)2/h11-15H,3-10H2,1-2H3. The molecule has 0 spiro atoms. The first kappa shape index (κ1) is 12.4. The number of hydrogen-bond donors (Lipinski definition) is 1. The smallest absolute Gasteiger partial charge is 0.0729 e. The Kier molecular flexibility index (Phi) is 4.66. The van der Waals surface area contributed by atoms with Crippen molar-refractivity contribution in [2.45, 2.75) is 64.6 Å². The van der Waals surface area contributed by atoms with Crippen LogP contribution in [0.2, 0.25) is 0 Å². The van der Waals surface area contributed by atoms with Gasteiger partial charge in [-0.05, 0) is 37.6 Å². The maximum Gasteiger partial charge on any atom is 0.0729 e. The quantitative estimate of drug-likeness (QED) is 0.797. The van der Waals surface area contributed by atoms with Crippen molar-refractivity contribution >= 4 is 0 Å². The van der Waals surface area contributed by atoms with Gasteiger partial charge < -0.3 is 10.1 Å². The van der Waals surface area contributed by atoms with Crippen LogP contribution in [0.15, 0.2) is 0 Å². The zero-order valence-electron chi connectivity index (χ0n) is 10.9. The van der Waals surface area contributed by atoms with E-state index in [-0.39, 0.29) is 0 Å². The zero-order valence-corrected chi connectivity index (χ0v) is 10.9. The molecular weight excluding hydrogens is 198 g/mol. The Morgan fingerprint density at radius 2 is 2.12 bits per heavy atom. The van der Waals surface area contributed by atoms with Crippen molar-refractivity contribution in [3.63, 3.8) is 0 Å². The monoisotopic (exact) mass is 225 g/mol. The lowest BCUT2D eigenvalue weighted by atomic mass is 9.85. The molecule has 0 bridgehead atoms. The highest BCUT2D eigenvalue weighted by Crippen LogP contribution is 2.30. The number of hydrogen-bond acceptors (Lipinski definition) is 2. The van der Waals surface area contributed by atoms with E-state index in [1.165, 1.54) is 45.1 Å². The highest BCUT2D eigenvalue weighted by molar-refractivity contribution is 4.79. The van der Waals surface area contributed by atoms with E-state index in [0.29, 0.717) is 12.2 Å². The fourth-order valence-electron chi connectivity index (χ4n) is 3.13. The van der Waals surface area contributed by atoms with Crippen LogP contribution in [0.5, 0.6) is 0 Å². The van der Waals surface area contributed by atoms with Crippen LogP contribution in [-0.2, 0) is 4.74 Å². The fourth-order valence-corrected chi connectivity index (χ4v) is 3.13. The molecule has 2 heteroatoms. The predicted molar refractivity (Wildman–Crippen MR) is 67.6 cm³/mol. The third kappa shape index (κ3) is 3.21. The molecule has 0 aromatic rings. The molecule has 1 saturated carbocycles. The predicted octanol–water partition coefficient (Wildman–Crippen LogP) is 2.97. The summed E-state index contributed by atoms with van der Waals surface area (Å²) in [6.45, 7) is 6.89. The third-order valence-corrected chi connectivity index (χ3v) is 4.44. The van der Waals surface area contributed by atoms with Crippen LogP contribution in [0.4, 0.5) is 0 Å². The Hall–Kier alpha value is -0.0800. The molecule has 0 aromatic carbocycles. The summed E-state index contributed by atoms with van der Waals surface area (Å²) in [5, 5.41) is 3.46. The van der Waals surface area contributed by atoms with Crippen molar-refractivity contribution in [3.05, 3.63) is 0 Å². The summed E-state index contributed by atoms with van der Waals surface area (Å²) in [5.74, 6) is 1.66. The first-order valence-corrected chi connectivity index (χ1v) is 7.15. The lowest BCUT2D eigenvalue weighted by Crippen LogP contribution is -2.43. The Bertz CT molecular complexity index is 207. The maximum atomic E-state index is 6.31. The van der Waals surface area contributed by atoms with E-state index in [4.69, 9.17) is 4.74 Å². The molecular formula is C14H27NO. The minimum absolute atomic E-state index is 0.467. The number of ether oxygens (including phenoxy) is 1. The maximum absolute atomic E-state index is 6.31. The van der Waals surface area contributed by atoms with Crippen molar-refractivity contribution in [3.8, 4) is 0 Å². The summed E-state index contributed by atoms with van der Waals surface area (Å²) >= 11 is 0. The fraction of sp³-hybridized carbons (Fsp3) is 1.00. The van der Waals surface area contributed by atoms with Crippen molar-refractivity contribution in [2.75, 3.05) is 13.1 Å². The summed E-state index contributed by atoms with van der Waals surface area (Å²) in [5.41, 5.74) is 0. The van der Waals surface area contributed by atoms with Gasteiger partial charge in [-0.2, -0.15) is 0 Å². The highest BCUT2D eigenvalue weighted by atomic mass is 16.5. The molecule has 1 N–H and O–H groups in total. The summed E-state index contributed by atoms with van der Waals surface area (Å²) in [7, 11) is 0. The summed E-state index contributed by atoms with van der Waals surface area (Å²) < 4.78 is 6.31. The molecule has 4 atom stereocenters. The van der Waals surface area contributed by atoms with E-state index >= 15 is 0 Å². The molecule has 2 fully saturated rings. The van der Waals surface area contributed by atoms with Crippen molar-refractivity contribution < 1.29 is 4.74 Å². The van der Waals surface area contributed by atoms with Crippen LogP contribution in [0.3, 0.4) is 0 Å². The third-order valence-electron chi connectivity index (χ3n) is 4.44. The molecule has 2 aliphatic rings. The number of nitrogens with one attached hydrogen (secondary N) is 1. The molecule has 2 rings (SSSR count). The normalized spacial score (nSPS) is 40.9. The topological polar surface area (TPSA) is 21.3 Å². The molecule has 4 unspecified atom stereocenters. The van der Waals surface area contributed by atoms with Gasteiger partial charge in [0.25, 0.3) is 0 Å². The molecule has 2 nitrogen and oxygen atoms in total. The van der Waals surface area contributed by atoms with Crippen LogP contribution in [0.25, 0.3) is 0 Å². The van der Waals surface area contributed by atoms with Gasteiger partial charge in [-0.3, -0.25) is 0 Å². The molecule has 0 aromatic heterocycles. The molecule has 0 amide bonds. The summed E-state index contributed by atoms with van der Waals surface area (Å²) in [6.07, 6.45) is 9.01. The summed E-state index contributed by atoms with van der Waals surface area (Å²) in [6, 6.07) is 0. The zero-order chi connectivity index (χ0) is 11.4. The lowest BCUT2D eigenvalue weighted by molar-refractivity contribution is -0.0697. The van der Waals surface area contributed by atoms with E-state index in [2.05, 4.69) is 19.2 Å². The Labute approximate surface area is 100 Å². The van der Waals surface area contributed by atoms with Gasteiger partial charge >= 0.3 is 0 Å². The lowest BCUT2D eigenvalue weighted by Gasteiger charge is -2.36. The van der Waals surface area contributed by atoms with Crippen molar-refractivity contribution in [2.24, 2.45) is 11.8 Å². The van der Waals surface area contributed by atoms with Crippen LogP contribution in [0.1, 0.15) is 52.4 Å². The first-order chi connectivity index (χ1) is 7.79. The van der Waals surface area contributed by atoms with Crippen LogP contribution >= 0.6 is 0 Å². The van der Waals surface area contributed by atoms with E-state index in [9.17, 15) is 0 Å². The largest absolute Gasteiger partial charge is 0.373 e. The Balaban J connectivity index is 1.79.